The Labute approximate surface area is 146 Å². The van der Waals surface area contributed by atoms with E-state index in [0.717, 1.165) is 24.6 Å². The van der Waals surface area contributed by atoms with Crippen molar-refractivity contribution in [2.45, 2.75) is 19.3 Å². The van der Waals surface area contributed by atoms with Crippen LogP contribution in [0.2, 0.25) is 0 Å². The Balaban J connectivity index is 1.83. The third kappa shape index (κ3) is 3.74. The molecule has 3 nitrogen and oxygen atoms in total. The molecule has 0 aliphatic carbocycles. The standard InChI is InChI=1S/C18H21N3S2/c1-2-9-19-18(22)21-12-15(17-8-5-10-23-17)14-11-20-16-7-4-3-6-13(14)16/h3-8,10-11,15,20H,2,9,12H2,1H3,(H2,19,21,22)/t15-/m0/s1. The largest absolute Gasteiger partial charge is 0.363 e. The monoisotopic (exact) mass is 343 g/mol. The van der Waals surface area contributed by atoms with Crippen molar-refractivity contribution in [3.63, 3.8) is 0 Å². The summed E-state index contributed by atoms with van der Waals surface area (Å²) in [5.41, 5.74) is 2.49. The van der Waals surface area contributed by atoms with E-state index in [1.807, 2.05) is 0 Å². The minimum atomic E-state index is 0.285. The quantitative estimate of drug-likeness (QED) is 0.586. The predicted molar refractivity (Wildman–Crippen MR) is 103 cm³/mol. The lowest BCUT2D eigenvalue weighted by Crippen LogP contribution is -2.37. The number of thiocarbonyl (C=S) groups is 1. The SMILES string of the molecule is CCCNC(=S)NC[C@H](c1cccs1)c1c[nH]c2ccccc12. The number of hydrogen-bond acceptors (Lipinski definition) is 2. The van der Waals surface area contributed by atoms with E-state index < -0.39 is 0 Å². The molecule has 0 radical (unpaired) electrons. The van der Waals surface area contributed by atoms with Gasteiger partial charge in [0.2, 0.25) is 0 Å². The number of thiophene rings is 1. The van der Waals surface area contributed by atoms with E-state index in [4.69, 9.17) is 12.2 Å². The first kappa shape index (κ1) is 16.0. The van der Waals surface area contributed by atoms with Crippen molar-refractivity contribution in [3.05, 3.63) is 58.4 Å². The van der Waals surface area contributed by atoms with Gasteiger partial charge in [0.05, 0.1) is 0 Å². The molecule has 0 saturated heterocycles. The molecule has 2 heterocycles. The molecule has 0 saturated carbocycles. The molecule has 0 fully saturated rings. The highest BCUT2D eigenvalue weighted by atomic mass is 32.1. The average molecular weight is 344 g/mol. The zero-order valence-electron chi connectivity index (χ0n) is 13.1. The molecule has 0 bridgehead atoms. The zero-order chi connectivity index (χ0) is 16.1. The van der Waals surface area contributed by atoms with Crippen LogP contribution < -0.4 is 10.6 Å². The first-order valence-electron chi connectivity index (χ1n) is 7.90. The van der Waals surface area contributed by atoms with Crippen LogP contribution in [0.1, 0.15) is 29.7 Å². The van der Waals surface area contributed by atoms with Crippen molar-refractivity contribution in [1.82, 2.24) is 15.6 Å². The molecule has 3 N–H and O–H groups in total. The second-order valence-corrected chi connectivity index (χ2v) is 6.88. The van der Waals surface area contributed by atoms with Crippen LogP contribution in [0.15, 0.2) is 48.0 Å². The summed E-state index contributed by atoms with van der Waals surface area (Å²) in [7, 11) is 0. The number of fused-ring (bicyclic) bond motifs is 1. The van der Waals surface area contributed by atoms with Gasteiger partial charge in [0.25, 0.3) is 0 Å². The highest BCUT2D eigenvalue weighted by Gasteiger charge is 2.19. The molecular formula is C18H21N3S2. The fourth-order valence-corrected chi connectivity index (χ4v) is 3.76. The second kappa shape index (κ2) is 7.62. The van der Waals surface area contributed by atoms with Crippen LogP contribution in [0.3, 0.4) is 0 Å². The maximum absolute atomic E-state index is 5.37. The Kier molecular flexibility index (Phi) is 5.31. The van der Waals surface area contributed by atoms with Crippen LogP contribution in [0.25, 0.3) is 10.9 Å². The maximum atomic E-state index is 5.37. The van der Waals surface area contributed by atoms with E-state index in [1.54, 1.807) is 11.3 Å². The number of aromatic nitrogens is 1. The summed E-state index contributed by atoms with van der Waals surface area (Å²) in [5.74, 6) is 0.285. The van der Waals surface area contributed by atoms with Gasteiger partial charge in [0, 0.05) is 41.0 Å². The second-order valence-electron chi connectivity index (χ2n) is 5.49. The fraction of sp³-hybridized carbons (Fsp3) is 0.278. The van der Waals surface area contributed by atoms with E-state index in [-0.39, 0.29) is 5.92 Å². The van der Waals surface area contributed by atoms with Crippen LogP contribution in [0, 0.1) is 0 Å². The molecule has 5 heteroatoms. The molecule has 23 heavy (non-hydrogen) atoms. The van der Waals surface area contributed by atoms with Crippen LogP contribution >= 0.6 is 23.6 Å². The average Bonchev–Trinajstić information content (AvgIpc) is 3.24. The summed E-state index contributed by atoms with van der Waals surface area (Å²) in [6, 6.07) is 12.7. The smallest absolute Gasteiger partial charge is 0.166 e. The third-order valence-electron chi connectivity index (χ3n) is 3.89. The van der Waals surface area contributed by atoms with Crippen LogP contribution in [-0.4, -0.2) is 23.2 Å². The third-order valence-corrected chi connectivity index (χ3v) is 5.16. The number of para-hydroxylation sites is 1. The first-order valence-corrected chi connectivity index (χ1v) is 9.19. The molecule has 0 aliphatic rings. The predicted octanol–water partition coefficient (Wildman–Crippen LogP) is 4.24. The van der Waals surface area contributed by atoms with Gasteiger partial charge in [0.1, 0.15) is 0 Å². The van der Waals surface area contributed by atoms with Crippen LogP contribution in [0.4, 0.5) is 0 Å². The summed E-state index contributed by atoms with van der Waals surface area (Å²) in [5, 5.41) is 10.7. The van der Waals surface area contributed by atoms with Gasteiger partial charge < -0.3 is 15.6 Å². The normalized spacial score (nSPS) is 12.2. The zero-order valence-corrected chi connectivity index (χ0v) is 14.8. The van der Waals surface area contributed by atoms with Gasteiger partial charge in [-0.05, 0) is 41.7 Å². The lowest BCUT2D eigenvalue weighted by atomic mass is 9.97. The molecule has 3 rings (SSSR count). The van der Waals surface area contributed by atoms with Gasteiger partial charge in [0.15, 0.2) is 5.11 Å². The number of benzene rings is 1. The molecular weight excluding hydrogens is 322 g/mol. The minimum absolute atomic E-state index is 0.285. The van der Waals surface area contributed by atoms with Crippen molar-refractivity contribution < 1.29 is 0 Å². The van der Waals surface area contributed by atoms with Crippen LogP contribution in [0.5, 0.6) is 0 Å². The molecule has 1 aromatic carbocycles. The van der Waals surface area contributed by atoms with Gasteiger partial charge >= 0.3 is 0 Å². The van der Waals surface area contributed by atoms with Gasteiger partial charge in [-0.1, -0.05) is 31.2 Å². The summed E-state index contributed by atoms with van der Waals surface area (Å²) in [6.45, 7) is 3.83. The maximum Gasteiger partial charge on any atom is 0.166 e. The number of rotatable bonds is 6. The Morgan fingerprint density at radius 2 is 2.09 bits per heavy atom. The number of nitrogens with one attached hydrogen (secondary N) is 3. The molecule has 0 spiro atoms. The van der Waals surface area contributed by atoms with E-state index in [1.165, 1.54) is 21.3 Å². The number of H-pyrrole nitrogens is 1. The van der Waals surface area contributed by atoms with Crippen molar-refractivity contribution in [2.75, 3.05) is 13.1 Å². The molecule has 1 atom stereocenters. The van der Waals surface area contributed by atoms with Crippen molar-refractivity contribution in [3.8, 4) is 0 Å². The lowest BCUT2D eigenvalue weighted by Gasteiger charge is -2.18. The fourth-order valence-electron chi connectivity index (χ4n) is 2.73. The Bertz CT molecular complexity index is 762. The van der Waals surface area contributed by atoms with Crippen molar-refractivity contribution in [1.29, 1.82) is 0 Å². The Hall–Kier alpha value is -1.85. The van der Waals surface area contributed by atoms with Gasteiger partial charge in [-0.3, -0.25) is 0 Å². The van der Waals surface area contributed by atoms with E-state index >= 15 is 0 Å². The number of hydrogen-bond donors (Lipinski definition) is 3. The summed E-state index contributed by atoms with van der Waals surface area (Å²) >= 11 is 7.16. The van der Waals surface area contributed by atoms with E-state index in [9.17, 15) is 0 Å². The number of aromatic amines is 1. The molecule has 0 unspecified atom stereocenters. The van der Waals surface area contributed by atoms with Gasteiger partial charge in [-0.25, -0.2) is 0 Å². The lowest BCUT2D eigenvalue weighted by molar-refractivity contribution is 0.745. The van der Waals surface area contributed by atoms with E-state index in [2.05, 4.69) is 70.5 Å². The van der Waals surface area contributed by atoms with Gasteiger partial charge in [-0.2, -0.15) is 0 Å². The van der Waals surface area contributed by atoms with Crippen LogP contribution in [-0.2, 0) is 0 Å². The van der Waals surface area contributed by atoms with Crippen molar-refractivity contribution >= 4 is 39.6 Å². The summed E-state index contributed by atoms with van der Waals surface area (Å²) in [6.07, 6.45) is 3.19. The molecule has 3 aromatic rings. The van der Waals surface area contributed by atoms with E-state index in [0.29, 0.717) is 0 Å². The molecule has 2 aromatic heterocycles. The Morgan fingerprint density at radius 1 is 1.22 bits per heavy atom. The topological polar surface area (TPSA) is 39.8 Å². The molecule has 120 valence electrons. The minimum Gasteiger partial charge on any atom is -0.363 e. The summed E-state index contributed by atoms with van der Waals surface area (Å²) in [4.78, 5) is 4.73. The van der Waals surface area contributed by atoms with Crippen molar-refractivity contribution in [2.24, 2.45) is 0 Å². The summed E-state index contributed by atoms with van der Waals surface area (Å²) < 4.78 is 0. The molecule has 0 aliphatic heterocycles. The highest BCUT2D eigenvalue weighted by Crippen LogP contribution is 2.32. The highest BCUT2D eigenvalue weighted by molar-refractivity contribution is 7.80. The molecule has 0 amide bonds. The van der Waals surface area contributed by atoms with Gasteiger partial charge in [-0.15, -0.1) is 11.3 Å². The first-order chi connectivity index (χ1) is 11.3. The Morgan fingerprint density at radius 3 is 2.87 bits per heavy atom.